The van der Waals surface area contributed by atoms with Gasteiger partial charge in [-0.25, -0.2) is 9.78 Å². The molecule has 2 fully saturated rings. The first kappa shape index (κ1) is 27.3. The highest BCUT2D eigenvalue weighted by Crippen LogP contribution is 2.33. The van der Waals surface area contributed by atoms with E-state index in [1.165, 1.54) is 4.90 Å². The van der Waals surface area contributed by atoms with Crippen LogP contribution in [0, 0.1) is 0 Å². The summed E-state index contributed by atoms with van der Waals surface area (Å²) < 4.78 is 2.04. The maximum Gasteiger partial charge on any atom is 0.407 e. The van der Waals surface area contributed by atoms with Crippen molar-refractivity contribution in [3.8, 4) is 11.3 Å². The fraction of sp³-hybridized carbons (Fsp3) is 0.273. The smallest absolute Gasteiger partial charge is 0.407 e. The molecule has 3 amide bonds. The van der Waals surface area contributed by atoms with E-state index in [2.05, 4.69) is 4.98 Å². The molecule has 6 rings (SSSR count). The number of hydrogen-bond donors (Lipinski definition) is 1. The molecule has 2 saturated heterocycles. The largest absolute Gasteiger partial charge is 0.465 e. The summed E-state index contributed by atoms with van der Waals surface area (Å²) in [5.41, 5.74) is 3.63. The lowest BCUT2D eigenvalue weighted by atomic mass is 10.0. The molecule has 9 nitrogen and oxygen atoms in total. The van der Waals surface area contributed by atoms with E-state index in [9.17, 15) is 19.5 Å². The summed E-state index contributed by atoms with van der Waals surface area (Å²) in [6.07, 6.45) is 2.02. The molecule has 9 heteroatoms. The SMILES string of the molecule is O=C(O)N1CCN(C(=O)c2ncn(C3CCN(C(=O)c4ccccc4)C3)c2-c2ccccc2)[C@H](Cc2ccccc2)C1. The van der Waals surface area contributed by atoms with E-state index in [4.69, 9.17) is 0 Å². The van der Waals surface area contributed by atoms with Crippen molar-refractivity contribution >= 4 is 17.9 Å². The van der Waals surface area contributed by atoms with Gasteiger partial charge >= 0.3 is 6.09 Å². The van der Waals surface area contributed by atoms with Gasteiger partial charge in [0.25, 0.3) is 11.8 Å². The Kier molecular flexibility index (Phi) is 7.72. The van der Waals surface area contributed by atoms with E-state index < -0.39 is 6.09 Å². The van der Waals surface area contributed by atoms with Gasteiger partial charge in [-0.15, -0.1) is 0 Å². The molecule has 0 radical (unpaired) electrons. The Morgan fingerprint density at radius 2 is 1.43 bits per heavy atom. The Morgan fingerprint density at radius 1 is 0.762 bits per heavy atom. The zero-order valence-electron chi connectivity index (χ0n) is 23.3. The molecule has 42 heavy (non-hydrogen) atoms. The highest BCUT2D eigenvalue weighted by molar-refractivity contribution is 5.99. The Bertz CT molecular complexity index is 1560. The number of amides is 3. The molecule has 0 saturated carbocycles. The first-order valence-electron chi connectivity index (χ1n) is 14.3. The van der Waals surface area contributed by atoms with E-state index in [-0.39, 0.29) is 43.5 Å². The highest BCUT2D eigenvalue weighted by Gasteiger charge is 2.37. The quantitative estimate of drug-likeness (QED) is 0.367. The van der Waals surface area contributed by atoms with E-state index in [1.54, 1.807) is 11.2 Å². The average Bonchev–Trinajstić information content (AvgIpc) is 3.70. The lowest BCUT2D eigenvalue weighted by molar-refractivity contribution is 0.0447. The Hall–Kier alpha value is -4.92. The molecule has 214 valence electrons. The summed E-state index contributed by atoms with van der Waals surface area (Å²) in [7, 11) is 0. The van der Waals surface area contributed by atoms with Gasteiger partial charge in [0.15, 0.2) is 5.69 Å². The van der Waals surface area contributed by atoms with Crippen LogP contribution in [0.25, 0.3) is 11.3 Å². The molecular formula is C33H33N5O4. The van der Waals surface area contributed by atoms with Crippen molar-refractivity contribution in [2.45, 2.75) is 24.9 Å². The average molecular weight is 564 g/mol. The first-order valence-corrected chi connectivity index (χ1v) is 14.3. The molecular weight excluding hydrogens is 530 g/mol. The van der Waals surface area contributed by atoms with Crippen molar-refractivity contribution < 1.29 is 19.5 Å². The molecule has 0 spiro atoms. The van der Waals surface area contributed by atoms with Crippen LogP contribution in [0.5, 0.6) is 0 Å². The van der Waals surface area contributed by atoms with E-state index in [0.717, 1.165) is 23.2 Å². The molecule has 2 aliphatic heterocycles. The molecule has 4 aromatic rings. The number of hydrogen-bond acceptors (Lipinski definition) is 4. The number of likely N-dealkylation sites (tertiary alicyclic amines) is 1. The summed E-state index contributed by atoms with van der Waals surface area (Å²) >= 11 is 0. The molecule has 0 aliphatic carbocycles. The fourth-order valence-corrected chi connectivity index (χ4v) is 6.09. The second-order valence-corrected chi connectivity index (χ2v) is 10.8. The number of carbonyl (C=O) groups is 3. The first-order chi connectivity index (χ1) is 20.5. The molecule has 3 aromatic carbocycles. The number of imidazole rings is 1. The van der Waals surface area contributed by atoms with Crippen molar-refractivity contribution in [2.24, 2.45) is 0 Å². The second kappa shape index (κ2) is 11.9. The maximum absolute atomic E-state index is 14.3. The van der Waals surface area contributed by atoms with Gasteiger partial charge in [-0.3, -0.25) is 9.59 Å². The van der Waals surface area contributed by atoms with E-state index >= 15 is 0 Å². The summed E-state index contributed by atoms with van der Waals surface area (Å²) in [6, 6.07) is 28.5. The number of aromatic nitrogens is 2. The zero-order valence-corrected chi connectivity index (χ0v) is 23.3. The number of nitrogens with zero attached hydrogens (tertiary/aromatic N) is 5. The van der Waals surface area contributed by atoms with E-state index in [1.807, 2.05) is 100 Å². The monoisotopic (exact) mass is 563 g/mol. The second-order valence-electron chi connectivity index (χ2n) is 10.8. The summed E-state index contributed by atoms with van der Waals surface area (Å²) in [6.45, 7) is 1.89. The minimum absolute atomic E-state index is 0.00386. The van der Waals surface area contributed by atoms with Gasteiger partial charge in [0, 0.05) is 43.9 Å². The standard InChI is InChI=1S/C33H33N5O4/c39-31(26-14-8-3-9-15-26)35-17-16-27(21-35)38-23-34-29(30(38)25-12-6-2-7-13-25)32(40)37-19-18-36(33(41)42)22-28(37)20-24-10-4-1-5-11-24/h1-15,23,27-28H,16-22H2,(H,41,42)/t27?,28-/m1/s1. The van der Waals surface area contributed by atoms with Crippen molar-refractivity contribution in [3.05, 3.63) is 114 Å². The highest BCUT2D eigenvalue weighted by atomic mass is 16.4. The predicted molar refractivity (Wildman–Crippen MR) is 158 cm³/mol. The Labute approximate surface area is 244 Å². The molecule has 1 unspecified atom stereocenters. The lowest BCUT2D eigenvalue weighted by Crippen LogP contribution is -2.57. The number of carbonyl (C=O) groups excluding carboxylic acids is 2. The normalized spacial score (nSPS) is 18.7. The van der Waals surface area contributed by atoms with Crippen LogP contribution in [0.2, 0.25) is 0 Å². The topological polar surface area (TPSA) is 99.0 Å². The van der Waals surface area contributed by atoms with Crippen LogP contribution in [0.1, 0.15) is 38.9 Å². The number of carboxylic acid groups (broad SMARTS) is 1. The predicted octanol–water partition coefficient (Wildman–Crippen LogP) is 4.68. The van der Waals surface area contributed by atoms with Crippen LogP contribution in [-0.4, -0.2) is 86.0 Å². The van der Waals surface area contributed by atoms with Gasteiger partial charge in [-0.2, -0.15) is 0 Å². The van der Waals surface area contributed by atoms with E-state index in [0.29, 0.717) is 30.8 Å². The molecule has 2 aliphatic rings. The minimum atomic E-state index is -0.981. The van der Waals surface area contributed by atoms with Crippen LogP contribution in [0.3, 0.4) is 0 Å². The van der Waals surface area contributed by atoms with Crippen molar-refractivity contribution in [1.29, 1.82) is 0 Å². The summed E-state index contributed by atoms with van der Waals surface area (Å²) in [5.74, 6) is -0.218. The van der Waals surface area contributed by atoms with Gasteiger partial charge in [-0.05, 0) is 30.5 Å². The fourth-order valence-electron chi connectivity index (χ4n) is 6.09. The number of rotatable bonds is 6. The number of piperazine rings is 1. The van der Waals surface area contributed by atoms with Crippen LogP contribution in [0.15, 0.2) is 97.3 Å². The third kappa shape index (κ3) is 5.50. The van der Waals surface area contributed by atoms with Crippen LogP contribution >= 0.6 is 0 Å². The molecule has 1 N–H and O–H groups in total. The molecule has 1 aromatic heterocycles. The lowest BCUT2D eigenvalue weighted by Gasteiger charge is -2.40. The zero-order chi connectivity index (χ0) is 29.1. The molecule has 2 atom stereocenters. The van der Waals surface area contributed by atoms with Gasteiger partial charge in [0.2, 0.25) is 0 Å². The van der Waals surface area contributed by atoms with Gasteiger partial charge in [0.05, 0.1) is 24.1 Å². The Balaban J connectivity index is 1.31. The van der Waals surface area contributed by atoms with Crippen LogP contribution in [-0.2, 0) is 6.42 Å². The van der Waals surface area contributed by atoms with Gasteiger partial charge in [-0.1, -0.05) is 78.9 Å². The number of benzene rings is 3. The molecule has 0 bridgehead atoms. The summed E-state index contributed by atoms with van der Waals surface area (Å²) in [4.78, 5) is 49.0. The Morgan fingerprint density at radius 3 is 2.12 bits per heavy atom. The van der Waals surface area contributed by atoms with Crippen molar-refractivity contribution in [3.63, 3.8) is 0 Å². The van der Waals surface area contributed by atoms with Crippen molar-refractivity contribution in [2.75, 3.05) is 32.7 Å². The van der Waals surface area contributed by atoms with Crippen molar-refractivity contribution in [1.82, 2.24) is 24.3 Å². The van der Waals surface area contributed by atoms with Gasteiger partial charge < -0.3 is 24.4 Å². The van der Waals surface area contributed by atoms with Crippen LogP contribution in [0.4, 0.5) is 4.79 Å². The third-order valence-corrected chi connectivity index (χ3v) is 8.24. The van der Waals surface area contributed by atoms with Gasteiger partial charge in [0.1, 0.15) is 0 Å². The third-order valence-electron chi connectivity index (χ3n) is 8.24. The molecule has 3 heterocycles. The summed E-state index contributed by atoms with van der Waals surface area (Å²) in [5, 5.41) is 9.69. The van der Waals surface area contributed by atoms with Crippen LogP contribution < -0.4 is 0 Å². The maximum atomic E-state index is 14.3. The minimum Gasteiger partial charge on any atom is -0.465 e.